The Labute approximate surface area is 182 Å². The zero-order valence-electron chi connectivity index (χ0n) is 19.7. The predicted molar refractivity (Wildman–Crippen MR) is 126 cm³/mol. The molecule has 0 fully saturated rings. The molecule has 2 heteroatoms. The molecule has 2 aromatic carbocycles. The Kier molecular flexibility index (Phi) is 5.91. The summed E-state index contributed by atoms with van der Waals surface area (Å²) in [7, 11) is 0. The molecule has 2 nitrogen and oxygen atoms in total. The van der Waals surface area contributed by atoms with Crippen molar-refractivity contribution in [3.63, 3.8) is 0 Å². The summed E-state index contributed by atoms with van der Waals surface area (Å²) in [6, 6.07) is 8.57. The van der Waals surface area contributed by atoms with Crippen LogP contribution >= 0.6 is 0 Å². The van der Waals surface area contributed by atoms with Crippen LogP contribution in [0.4, 0.5) is 0 Å². The first-order valence-electron chi connectivity index (χ1n) is 11.0. The van der Waals surface area contributed by atoms with Crippen LogP contribution in [0.2, 0.25) is 0 Å². The Morgan fingerprint density at radius 2 is 1.13 bits per heavy atom. The van der Waals surface area contributed by atoms with Crippen molar-refractivity contribution in [2.24, 2.45) is 17.8 Å². The third-order valence-electron chi connectivity index (χ3n) is 6.74. The van der Waals surface area contributed by atoms with Gasteiger partial charge in [0.05, 0.1) is 0 Å². The summed E-state index contributed by atoms with van der Waals surface area (Å²) < 4.78 is 0. The summed E-state index contributed by atoms with van der Waals surface area (Å²) in [6.45, 7) is 16.9. The van der Waals surface area contributed by atoms with Gasteiger partial charge in [-0.05, 0) is 84.4 Å². The summed E-state index contributed by atoms with van der Waals surface area (Å²) in [5.41, 5.74) is 6.93. The quantitative estimate of drug-likeness (QED) is 0.573. The summed E-state index contributed by atoms with van der Waals surface area (Å²) in [4.78, 5) is 0. The van der Waals surface area contributed by atoms with Gasteiger partial charge in [-0.25, -0.2) is 0 Å². The first kappa shape index (κ1) is 22.2. The number of aryl methyl sites for hydroxylation is 4. The molecule has 3 rings (SSSR count). The average molecular weight is 405 g/mol. The zero-order valence-corrected chi connectivity index (χ0v) is 19.7. The Bertz CT molecular complexity index is 917. The van der Waals surface area contributed by atoms with E-state index in [1.54, 1.807) is 0 Å². The number of phenolic OH excluding ortho intramolecular Hbond substituents is 2. The number of benzene rings is 2. The van der Waals surface area contributed by atoms with Gasteiger partial charge in [-0.1, -0.05) is 70.2 Å². The van der Waals surface area contributed by atoms with Crippen LogP contribution in [0.25, 0.3) is 0 Å². The van der Waals surface area contributed by atoms with Crippen molar-refractivity contribution >= 4 is 0 Å². The van der Waals surface area contributed by atoms with Crippen LogP contribution in [0.15, 0.2) is 48.1 Å². The maximum Gasteiger partial charge on any atom is 0.121 e. The number of allylic oxidation sites excluding steroid dienone is 4. The fraction of sp³-hybridized carbons (Fsp3) is 0.429. The van der Waals surface area contributed by atoms with Gasteiger partial charge in [0, 0.05) is 5.41 Å². The predicted octanol–water partition coefficient (Wildman–Crippen LogP) is 7.04. The summed E-state index contributed by atoms with van der Waals surface area (Å²) in [5, 5.41) is 20.9. The Morgan fingerprint density at radius 3 is 1.47 bits per heavy atom. The van der Waals surface area contributed by atoms with Crippen LogP contribution in [0.5, 0.6) is 11.5 Å². The highest BCUT2D eigenvalue weighted by molar-refractivity contribution is 5.58. The molecular formula is C28H36O2. The van der Waals surface area contributed by atoms with Crippen molar-refractivity contribution in [2.45, 2.75) is 60.8 Å². The van der Waals surface area contributed by atoms with E-state index < -0.39 is 0 Å². The SMILES string of the molecule is Cc1cc(C2(c3cc(C)c(O)c(C)c3)C=C(C(C)C)C=CC2C(C)C)cc(C)c1O. The van der Waals surface area contributed by atoms with Gasteiger partial charge < -0.3 is 10.2 Å². The minimum absolute atomic E-state index is 0.256. The van der Waals surface area contributed by atoms with E-state index in [1.807, 2.05) is 27.7 Å². The van der Waals surface area contributed by atoms with Gasteiger partial charge in [0.25, 0.3) is 0 Å². The third kappa shape index (κ3) is 3.57. The molecule has 1 aliphatic carbocycles. The lowest BCUT2D eigenvalue weighted by molar-refractivity contribution is 0.345. The van der Waals surface area contributed by atoms with Crippen molar-refractivity contribution in [2.75, 3.05) is 0 Å². The fourth-order valence-electron chi connectivity index (χ4n) is 4.99. The van der Waals surface area contributed by atoms with Crippen molar-refractivity contribution < 1.29 is 10.2 Å². The normalized spacial score (nSPS) is 18.2. The Hall–Kier alpha value is -2.48. The molecule has 0 amide bonds. The smallest absolute Gasteiger partial charge is 0.121 e. The molecule has 2 N–H and O–H groups in total. The van der Waals surface area contributed by atoms with E-state index in [9.17, 15) is 10.2 Å². The van der Waals surface area contributed by atoms with Crippen molar-refractivity contribution in [3.05, 3.63) is 81.4 Å². The summed E-state index contributed by atoms with van der Waals surface area (Å²) in [5.74, 6) is 1.81. The van der Waals surface area contributed by atoms with Crippen LogP contribution in [0.1, 0.15) is 61.1 Å². The second kappa shape index (κ2) is 7.98. The minimum Gasteiger partial charge on any atom is -0.507 e. The monoisotopic (exact) mass is 404 g/mol. The van der Waals surface area contributed by atoms with Crippen molar-refractivity contribution in [3.8, 4) is 11.5 Å². The Morgan fingerprint density at radius 1 is 0.733 bits per heavy atom. The molecule has 0 aromatic heterocycles. The highest BCUT2D eigenvalue weighted by Gasteiger charge is 2.43. The lowest BCUT2D eigenvalue weighted by atomic mass is 9.58. The van der Waals surface area contributed by atoms with Gasteiger partial charge in [0.1, 0.15) is 11.5 Å². The van der Waals surface area contributed by atoms with Crippen molar-refractivity contribution in [1.29, 1.82) is 0 Å². The van der Waals surface area contributed by atoms with Gasteiger partial charge in [0.15, 0.2) is 0 Å². The maximum absolute atomic E-state index is 10.5. The van der Waals surface area contributed by atoms with E-state index in [4.69, 9.17) is 0 Å². The van der Waals surface area contributed by atoms with Crippen LogP contribution in [-0.4, -0.2) is 10.2 Å². The van der Waals surface area contributed by atoms with E-state index >= 15 is 0 Å². The second-order valence-corrected chi connectivity index (χ2v) is 9.71. The van der Waals surface area contributed by atoms with Crippen molar-refractivity contribution in [1.82, 2.24) is 0 Å². The number of hydrogen-bond acceptors (Lipinski definition) is 2. The maximum atomic E-state index is 10.5. The van der Waals surface area contributed by atoms with E-state index in [0.29, 0.717) is 23.3 Å². The second-order valence-electron chi connectivity index (χ2n) is 9.71. The number of phenols is 2. The van der Waals surface area contributed by atoms with Gasteiger partial charge in [-0.3, -0.25) is 0 Å². The highest BCUT2D eigenvalue weighted by atomic mass is 16.3. The number of hydrogen-bond donors (Lipinski definition) is 2. The molecule has 30 heavy (non-hydrogen) atoms. The van der Waals surface area contributed by atoms with Gasteiger partial charge >= 0.3 is 0 Å². The average Bonchev–Trinajstić information content (AvgIpc) is 2.68. The molecule has 0 aliphatic heterocycles. The van der Waals surface area contributed by atoms with Gasteiger partial charge in [-0.15, -0.1) is 0 Å². The van der Waals surface area contributed by atoms with Crippen LogP contribution < -0.4 is 0 Å². The highest BCUT2D eigenvalue weighted by Crippen LogP contribution is 2.50. The van der Waals surface area contributed by atoms with E-state index in [-0.39, 0.29) is 11.3 Å². The summed E-state index contributed by atoms with van der Waals surface area (Å²) >= 11 is 0. The molecule has 0 spiro atoms. The van der Waals surface area contributed by atoms with Crippen LogP contribution in [-0.2, 0) is 5.41 Å². The molecule has 1 unspecified atom stereocenters. The first-order valence-corrected chi connectivity index (χ1v) is 11.0. The molecule has 0 saturated carbocycles. The topological polar surface area (TPSA) is 40.5 Å². The number of aromatic hydroxyl groups is 2. The molecule has 160 valence electrons. The van der Waals surface area contributed by atoms with Crippen LogP contribution in [0.3, 0.4) is 0 Å². The molecule has 0 radical (unpaired) electrons. The molecule has 0 bridgehead atoms. The van der Waals surface area contributed by atoms with E-state index in [2.05, 4.69) is 70.2 Å². The van der Waals surface area contributed by atoms with E-state index in [0.717, 1.165) is 22.3 Å². The summed E-state index contributed by atoms with van der Waals surface area (Å²) in [6.07, 6.45) is 7.10. The largest absolute Gasteiger partial charge is 0.507 e. The fourth-order valence-corrected chi connectivity index (χ4v) is 4.99. The molecular weight excluding hydrogens is 368 g/mol. The van der Waals surface area contributed by atoms with Crippen LogP contribution in [0, 0.1) is 45.4 Å². The zero-order chi connectivity index (χ0) is 22.4. The molecule has 1 aliphatic rings. The first-order chi connectivity index (χ1) is 14.0. The lowest BCUT2D eigenvalue weighted by Gasteiger charge is -2.44. The standard InChI is InChI=1S/C28H36O2/c1-16(2)22-9-10-25(17(3)4)28(15-22,23-11-18(5)26(29)19(6)12-23)24-13-20(7)27(30)21(8)14-24/h9-17,25,29-30H,1-8H3. The van der Waals surface area contributed by atoms with E-state index in [1.165, 1.54) is 16.7 Å². The molecule has 0 saturated heterocycles. The number of rotatable bonds is 4. The molecule has 1 atom stereocenters. The molecule has 2 aromatic rings. The third-order valence-corrected chi connectivity index (χ3v) is 6.74. The lowest BCUT2D eigenvalue weighted by Crippen LogP contribution is -2.39. The Balaban J connectivity index is 2.46. The minimum atomic E-state index is -0.366. The van der Waals surface area contributed by atoms with Gasteiger partial charge in [-0.2, -0.15) is 0 Å². The van der Waals surface area contributed by atoms with Gasteiger partial charge in [0.2, 0.25) is 0 Å². The molecule has 0 heterocycles.